The van der Waals surface area contributed by atoms with Gasteiger partial charge in [0.15, 0.2) is 0 Å². The fourth-order valence-electron chi connectivity index (χ4n) is 2.58. The van der Waals surface area contributed by atoms with Crippen molar-refractivity contribution in [2.45, 2.75) is 26.3 Å². The predicted octanol–water partition coefficient (Wildman–Crippen LogP) is 2.23. The van der Waals surface area contributed by atoms with Crippen LogP contribution in [0, 0.1) is 5.92 Å². The third-order valence-electron chi connectivity index (χ3n) is 3.97. The zero-order valence-electron chi connectivity index (χ0n) is 12.4. The highest BCUT2D eigenvalue weighted by molar-refractivity contribution is 5.56. The van der Waals surface area contributed by atoms with Crippen LogP contribution in [-0.2, 0) is 6.54 Å². The van der Waals surface area contributed by atoms with E-state index in [9.17, 15) is 0 Å². The second kappa shape index (κ2) is 6.18. The average Bonchev–Trinajstić information content (AvgIpc) is 2.56. The minimum atomic E-state index is 0.416. The topological polar surface area (TPSA) is 67.9 Å². The number of nitrogens with two attached hydrogens (primary N) is 1. The van der Waals surface area contributed by atoms with Gasteiger partial charge in [-0.15, -0.1) is 0 Å². The van der Waals surface area contributed by atoms with E-state index < -0.39 is 0 Å². The van der Waals surface area contributed by atoms with Crippen LogP contribution in [0.1, 0.15) is 25.5 Å². The largest absolute Gasteiger partial charge is 0.341 e. The zero-order chi connectivity index (χ0) is 14.7. The van der Waals surface area contributed by atoms with Crippen molar-refractivity contribution >= 4 is 5.95 Å². The maximum absolute atomic E-state index is 5.79. The van der Waals surface area contributed by atoms with Crippen LogP contribution in [0.25, 0.3) is 11.4 Å². The molecule has 1 aliphatic heterocycles. The molecule has 5 heteroatoms. The molecule has 1 fully saturated rings. The number of rotatable bonds is 3. The number of piperidine rings is 1. The van der Waals surface area contributed by atoms with Gasteiger partial charge in [-0.2, -0.15) is 0 Å². The Hall–Kier alpha value is -2.01. The van der Waals surface area contributed by atoms with E-state index in [0.29, 0.717) is 6.54 Å². The lowest BCUT2D eigenvalue weighted by atomic mass is 10.00. The summed E-state index contributed by atoms with van der Waals surface area (Å²) in [5.74, 6) is 1.57. The minimum Gasteiger partial charge on any atom is -0.341 e. The number of aromatic nitrogens is 3. The van der Waals surface area contributed by atoms with E-state index in [0.717, 1.165) is 42.0 Å². The lowest BCUT2D eigenvalue weighted by Gasteiger charge is -2.30. The van der Waals surface area contributed by atoms with Gasteiger partial charge in [-0.1, -0.05) is 13.0 Å². The summed E-state index contributed by atoms with van der Waals surface area (Å²) in [6.07, 6.45) is 4.16. The van der Waals surface area contributed by atoms with E-state index in [1.54, 1.807) is 6.20 Å². The molecule has 0 radical (unpaired) electrons. The van der Waals surface area contributed by atoms with Gasteiger partial charge in [0.2, 0.25) is 5.95 Å². The smallest absolute Gasteiger partial charge is 0.226 e. The van der Waals surface area contributed by atoms with Crippen LogP contribution in [0.4, 0.5) is 5.95 Å². The van der Waals surface area contributed by atoms with Gasteiger partial charge in [0, 0.05) is 25.8 Å². The molecule has 0 aliphatic carbocycles. The average molecular weight is 283 g/mol. The molecule has 110 valence electrons. The lowest BCUT2D eigenvalue weighted by Crippen LogP contribution is -2.34. The Morgan fingerprint density at radius 1 is 1.19 bits per heavy atom. The fourth-order valence-corrected chi connectivity index (χ4v) is 2.58. The van der Waals surface area contributed by atoms with Crippen LogP contribution in [-0.4, -0.2) is 28.0 Å². The van der Waals surface area contributed by atoms with E-state index in [2.05, 4.69) is 21.8 Å². The van der Waals surface area contributed by atoms with Gasteiger partial charge in [-0.05, 0) is 37.0 Å². The molecule has 0 atom stereocenters. The van der Waals surface area contributed by atoms with Crippen molar-refractivity contribution in [1.29, 1.82) is 0 Å². The summed E-state index contributed by atoms with van der Waals surface area (Å²) in [7, 11) is 0. The summed E-state index contributed by atoms with van der Waals surface area (Å²) in [6.45, 7) is 4.74. The first kappa shape index (κ1) is 13.9. The first-order valence-corrected chi connectivity index (χ1v) is 7.50. The highest BCUT2D eigenvalue weighted by atomic mass is 15.3. The Balaban J connectivity index is 1.94. The molecule has 3 heterocycles. The first-order chi connectivity index (χ1) is 10.3. The molecule has 5 nitrogen and oxygen atoms in total. The van der Waals surface area contributed by atoms with Gasteiger partial charge in [0.25, 0.3) is 0 Å². The van der Waals surface area contributed by atoms with Crippen LogP contribution < -0.4 is 10.6 Å². The standard InChI is InChI=1S/C16H21N5/c1-12-5-8-21(9-6-12)16-19-13(11-17)10-15(20-16)14-4-2-3-7-18-14/h2-4,7,10,12H,5-6,8-9,11,17H2,1H3. The summed E-state index contributed by atoms with van der Waals surface area (Å²) in [5, 5.41) is 0. The highest BCUT2D eigenvalue weighted by Gasteiger charge is 2.19. The second-order valence-corrected chi connectivity index (χ2v) is 5.63. The van der Waals surface area contributed by atoms with Crippen molar-refractivity contribution < 1.29 is 0 Å². The molecule has 21 heavy (non-hydrogen) atoms. The molecule has 1 saturated heterocycles. The van der Waals surface area contributed by atoms with Crippen LogP contribution in [0.2, 0.25) is 0 Å². The molecule has 2 aromatic heterocycles. The zero-order valence-corrected chi connectivity index (χ0v) is 12.4. The monoisotopic (exact) mass is 283 g/mol. The summed E-state index contributed by atoms with van der Waals surface area (Å²) < 4.78 is 0. The molecule has 1 aliphatic rings. The molecule has 0 unspecified atom stereocenters. The number of pyridine rings is 1. The van der Waals surface area contributed by atoms with E-state index in [1.807, 2.05) is 24.3 Å². The number of anilines is 1. The van der Waals surface area contributed by atoms with Gasteiger partial charge in [0.1, 0.15) is 0 Å². The summed E-state index contributed by atoms with van der Waals surface area (Å²) in [4.78, 5) is 15.9. The fraction of sp³-hybridized carbons (Fsp3) is 0.438. The van der Waals surface area contributed by atoms with E-state index in [-0.39, 0.29) is 0 Å². The van der Waals surface area contributed by atoms with Crippen molar-refractivity contribution in [1.82, 2.24) is 15.0 Å². The Kier molecular flexibility index (Phi) is 4.10. The molecular weight excluding hydrogens is 262 g/mol. The maximum Gasteiger partial charge on any atom is 0.226 e. The summed E-state index contributed by atoms with van der Waals surface area (Å²) in [6, 6.07) is 7.76. The molecule has 2 aromatic rings. The number of hydrogen-bond acceptors (Lipinski definition) is 5. The number of hydrogen-bond donors (Lipinski definition) is 1. The lowest BCUT2D eigenvalue weighted by molar-refractivity contribution is 0.434. The highest BCUT2D eigenvalue weighted by Crippen LogP contribution is 2.23. The molecular formula is C16H21N5. The van der Waals surface area contributed by atoms with Gasteiger partial charge < -0.3 is 10.6 Å². The Labute approximate surface area is 125 Å². The maximum atomic E-state index is 5.79. The minimum absolute atomic E-state index is 0.416. The van der Waals surface area contributed by atoms with Crippen LogP contribution >= 0.6 is 0 Å². The van der Waals surface area contributed by atoms with Crippen LogP contribution in [0.15, 0.2) is 30.5 Å². The Morgan fingerprint density at radius 3 is 2.67 bits per heavy atom. The molecule has 0 amide bonds. The van der Waals surface area contributed by atoms with Gasteiger partial charge in [-0.3, -0.25) is 4.98 Å². The molecule has 0 bridgehead atoms. The van der Waals surface area contributed by atoms with Gasteiger partial charge >= 0.3 is 0 Å². The van der Waals surface area contributed by atoms with Crippen LogP contribution in [0.5, 0.6) is 0 Å². The molecule has 0 saturated carbocycles. The third-order valence-corrected chi connectivity index (χ3v) is 3.97. The van der Waals surface area contributed by atoms with Crippen molar-refractivity contribution in [2.75, 3.05) is 18.0 Å². The molecule has 2 N–H and O–H groups in total. The van der Waals surface area contributed by atoms with Crippen molar-refractivity contribution in [3.63, 3.8) is 0 Å². The SMILES string of the molecule is CC1CCN(c2nc(CN)cc(-c3ccccn3)n2)CC1. The van der Waals surface area contributed by atoms with E-state index in [4.69, 9.17) is 10.7 Å². The summed E-state index contributed by atoms with van der Waals surface area (Å²) >= 11 is 0. The van der Waals surface area contributed by atoms with Crippen LogP contribution in [0.3, 0.4) is 0 Å². The van der Waals surface area contributed by atoms with Crippen molar-refractivity contribution in [3.8, 4) is 11.4 Å². The predicted molar refractivity (Wildman–Crippen MR) is 83.8 cm³/mol. The number of nitrogens with zero attached hydrogens (tertiary/aromatic N) is 4. The normalized spacial score (nSPS) is 16.2. The Bertz CT molecular complexity index is 591. The van der Waals surface area contributed by atoms with Crippen molar-refractivity contribution in [2.24, 2.45) is 11.7 Å². The van der Waals surface area contributed by atoms with E-state index >= 15 is 0 Å². The van der Waals surface area contributed by atoms with Crippen molar-refractivity contribution in [3.05, 3.63) is 36.2 Å². The Morgan fingerprint density at radius 2 is 2.00 bits per heavy atom. The van der Waals surface area contributed by atoms with Gasteiger partial charge in [0.05, 0.1) is 17.1 Å². The molecule has 0 spiro atoms. The molecule has 0 aromatic carbocycles. The second-order valence-electron chi connectivity index (χ2n) is 5.63. The first-order valence-electron chi connectivity index (χ1n) is 7.50. The molecule has 3 rings (SSSR count). The quantitative estimate of drug-likeness (QED) is 0.935. The van der Waals surface area contributed by atoms with E-state index in [1.165, 1.54) is 12.8 Å². The third kappa shape index (κ3) is 3.19. The summed E-state index contributed by atoms with van der Waals surface area (Å²) in [5.41, 5.74) is 8.36. The van der Waals surface area contributed by atoms with Gasteiger partial charge in [-0.25, -0.2) is 9.97 Å².